The lowest BCUT2D eigenvalue weighted by atomic mass is 9.84. The topological polar surface area (TPSA) is 66.4 Å². The maximum atomic E-state index is 12.9. The van der Waals surface area contributed by atoms with Crippen molar-refractivity contribution in [2.45, 2.75) is 45.4 Å². The first-order valence-corrected chi connectivity index (χ1v) is 10.9. The van der Waals surface area contributed by atoms with Crippen LogP contribution in [0.15, 0.2) is 42.7 Å². The van der Waals surface area contributed by atoms with E-state index in [0.29, 0.717) is 30.3 Å². The van der Waals surface area contributed by atoms with Crippen molar-refractivity contribution < 1.29 is 9.59 Å². The smallest absolute Gasteiger partial charge is 0.272 e. The van der Waals surface area contributed by atoms with Crippen LogP contribution in [-0.2, 0) is 0 Å². The van der Waals surface area contributed by atoms with Crippen molar-refractivity contribution in [1.29, 1.82) is 0 Å². The number of pyridine rings is 2. The summed E-state index contributed by atoms with van der Waals surface area (Å²) >= 11 is 0. The second kappa shape index (κ2) is 8.54. The highest BCUT2D eigenvalue weighted by molar-refractivity contribution is 5.94. The van der Waals surface area contributed by atoms with Crippen molar-refractivity contribution in [3.8, 4) is 0 Å². The molecule has 0 spiro atoms. The molecule has 0 bridgehead atoms. The zero-order chi connectivity index (χ0) is 21.1. The Morgan fingerprint density at radius 2 is 1.77 bits per heavy atom. The standard InChI is InChI=1S/C24H30N4O2/c1-24(2)11-5-13-28(17-24)22(29)19-7-8-20(26-16-19)18-9-14-27(15-10-18)23(30)21-6-3-4-12-25-21/h3-4,6-8,12,16,18H,5,9-11,13-15,17H2,1-2H3. The molecule has 0 atom stereocenters. The highest BCUT2D eigenvalue weighted by atomic mass is 16.2. The molecule has 30 heavy (non-hydrogen) atoms. The van der Waals surface area contributed by atoms with E-state index in [-0.39, 0.29) is 17.2 Å². The molecule has 2 aromatic rings. The molecule has 0 radical (unpaired) electrons. The Hall–Kier alpha value is -2.76. The third kappa shape index (κ3) is 4.53. The Bertz CT molecular complexity index is 887. The van der Waals surface area contributed by atoms with Crippen molar-refractivity contribution in [3.63, 3.8) is 0 Å². The van der Waals surface area contributed by atoms with Crippen LogP contribution in [0.25, 0.3) is 0 Å². The summed E-state index contributed by atoms with van der Waals surface area (Å²) in [5.41, 5.74) is 2.36. The Kier molecular flexibility index (Phi) is 5.84. The Labute approximate surface area is 178 Å². The maximum absolute atomic E-state index is 12.9. The lowest BCUT2D eigenvalue weighted by Crippen LogP contribution is -2.43. The lowest BCUT2D eigenvalue weighted by molar-refractivity contribution is 0.0582. The lowest BCUT2D eigenvalue weighted by Gasteiger charge is -2.38. The molecular weight excluding hydrogens is 376 g/mol. The van der Waals surface area contributed by atoms with Gasteiger partial charge in [0.2, 0.25) is 0 Å². The Morgan fingerprint density at radius 3 is 2.40 bits per heavy atom. The van der Waals surface area contributed by atoms with Crippen LogP contribution < -0.4 is 0 Å². The van der Waals surface area contributed by atoms with Gasteiger partial charge in [-0.2, -0.15) is 0 Å². The molecule has 2 aromatic heterocycles. The molecule has 2 fully saturated rings. The molecule has 2 saturated heterocycles. The molecule has 0 aliphatic carbocycles. The van der Waals surface area contributed by atoms with Gasteiger partial charge in [0.1, 0.15) is 5.69 Å². The van der Waals surface area contributed by atoms with E-state index < -0.39 is 0 Å². The summed E-state index contributed by atoms with van der Waals surface area (Å²) in [6.45, 7) is 7.47. The molecule has 0 N–H and O–H groups in total. The van der Waals surface area contributed by atoms with E-state index in [2.05, 4.69) is 23.8 Å². The number of hydrogen-bond acceptors (Lipinski definition) is 4. The van der Waals surface area contributed by atoms with E-state index in [1.165, 1.54) is 0 Å². The predicted molar refractivity (Wildman–Crippen MR) is 115 cm³/mol. The SMILES string of the molecule is CC1(C)CCCN(C(=O)c2ccc(C3CCN(C(=O)c4ccccn4)CC3)nc2)C1. The molecule has 0 aromatic carbocycles. The van der Waals surface area contributed by atoms with Crippen molar-refractivity contribution in [2.24, 2.45) is 5.41 Å². The van der Waals surface area contributed by atoms with Gasteiger partial charge in [-0.3, -0.25) is 19.6 Å². The maximum Gasteiger partial charge on any atom is 0.272 e. The van der Waals surface area contributed by atoms with Crippen LogP contribution in [0.3, 0.4) is 0 Å². The fourth-order valence-corrected chi connectivity index (χ4v) is 4.58. The summed E-state index contributed by atoms with van der Waals surface area (Å²) in [6, 6.07) is 9.32. The number of likely N-dealkylation sites (tertiary alicyclic amines) is 2. The molecule has 2 aliphatic heterocycles. The van der Waals surface area contributed by atoms with Gasteiger partial charge in [0, 0.05) is 50.2 Å². The molecule has 158 valence electrons. The minimum absolute atomic E-state index is 0.00703. The molecule has 6 nitrogen and oxygen atoms in total. The molecule has 4 heterocycles. The van der Waals surface area contributed by atoms with E-state index in [1.807, 2.05) is 34.1 Å². The second-order valence-electron chi connectivity index (χ2n) is 9.25. The summed E-state index contributed by atoms with van der Waals surface area (Å²) in [5, 5.41) is 0. The Morgan fingerprint density at radius 1 is 0.967 bits per heavy atom. The first kappa shape index (κ1) is 20.5. The summed E-state index contributed by atoms with van der Waals surface area (Å²) < 4.78 is 0. The number of hydrogen-bond donors (Lipinski definition) is 0. The van der Waals surface area contributed by atoms with Gasteiger partial charge in [-0.15, -0.1) is 0 Å². The average molecular weight is 407 g/mol. The first-order chi connectivity index (χ1) is 14.4. The van der Waals surface area contributed by atoms with Crippen LogP contribution in [0, 0.1) is 5.41 Å². The van der Waals surface area contributed by atoms with Gasteiger partial charge in [0.15, 0.2) is 0 Å². The largest absolute Gasteiger partial charge is 0.338 e. The van der Waals surface area contributed by atoms with Crippen LogP contribution in [-0.4, -0.2) is 57.8 Å². The number of amides is 2. The van der Waals surface area contributed by atoms with Crippen molar-refractivity contribution in [1.82, 2.24) is 19.8 Å². The van der Waals surface area contributed by atoms with Crippen molar-refractivity contribution >= 4 is 11.8 Å². The zero-order valence-corrected chi connectivity index (χ0v) is 17.9. The molecular formula is C24H30N4O2. The Balaban J connectivity index is 1.35. The monoisotopic (exact) mass is 406 g/mol. The number of nitrogens with zero attached hydrogens (tertiary/aromatic N) is 4. The zero-order valence-electron chi connectivity index (χ0n) is 17.9. The normalized spacial score (nSPS) is 19.5. The highest BCUT2D eigenvalue weighted by Crippen LogP contribution is 2.30. The third-order valence-corrected chi connectivity index (χ3v) is 6.31. The van der Waals surface area contributed by atoms with Gasteiger partial charge < -0.3 is 9.80 Å². The number of rotatable bonds is 3. The van der Waals surface area contributed by atoms with Gasteiger partial charge in [-0.1, -0.05) is 19.9 Å². The molecule has 0 unspecified atom stereocenters. The van der Waals surface area contributed by atoms with Crippen LogP contribution in [0.4, 0.5) is 0 Å². The average Bonchev–Trinajstić information content (AvgIpc) is 2.78. The minimum Gasteiger partial charge on any atom is -0.338 e. The van der Waals surface area contributed by atoms with Crippen LogP contribution in [0.2, 0.25) is 0 Å². The third-order valence-electron chi connectivity index (χ3n) is 6.31. The van der Waals surface area contributed by atoms with E-state index in [9.17, 15) is 9.59 Å². The molecule has 2 aliphatic rings. The number of carbonyl (C=O) groups is 2. The van der Waals surface area contributed by atoms with E-state index >= 15 is 0 Å². The quantitative estimate of drug-likeness (QED) is 0.778. The van der Waals surface area contributed by atoms with Gasteiger partial charge in [-0.05, 0) is 55.4 Å². The fourth-order valence-electron chi connectivity index (χ4n) is 4.58. The summed E-state index contributed by atoms with van der Waals surface area (Å²) in [4.78, 5) is 38.0. The van der Waals surface area contributed by atoms with Gasteiger partial charge >= 0.3 is 0 Å². The van der Waals surface area contributed by atoms with Crippen molar-refractivity contribution in [2.75, 3.05) is 26.2 Å². The number of piperidine rings is 2. The number of carbonyl (C=O) groups excluding carboxylic acids is 2. The van der Waals surface area contributed by atoms with Gasteiger partial charge in [0.25, 0.3) is 11.8 Å². The van der Waals surface area contributed by atoms with Gasteiger partial charge in [0.05, 0.1) is 5.56 Å². The highest BCUT2D eigenvalue weighted by Gasteiger charge is 2.30. The van der Waals surface area contributed by atoms with Gasteiger partial charge in [-0.25, -0.2) is 0 Å². The molecule has 6 heteroatoms. The summed E-state index contributed by atoms with van der Waals surface area (Å²) in [7, 11) is 0. The number of aromatic nitrogens is 2. The van der Waals surface area contributed by atoms with Crippen LogP contribution in [0.1, 0.15) is 72.0 Å². The summed E-state index contributed by atoms with van der Waals surface area (Å²) in [6.07, 6.45) is 7.34. The van der Waals surface area contributed by atoms with Crippen LogP contribution >= 0.6 is 0 Å². The summed E-state index contributed by atoms with van der Waals surface area (Å²) in [5.74, 6) is 0.390. The fraction of sp³-hybridized carbons (Fsp3) is 0.500. The predicted octanol–water partition coefficient (Wildman–Crippen LogP) is 3.76. The molecule has 4 rings (SSSR count). The second-order valence-corrected chi connectivity index (χ2v) is 9.25. The molecule has 0 saturated carbocycles. The molecule has 2 amide bonds. The van der Waals surface area contributed by atoms with Crippen molar-refractivity contribution in [3.05, 3.63) is 59.7 Å². The van der Waals surface area contributed by atoms with E-state index in [4.69, 9.17) is 0 Å². The van der Waals surface area contributed by atoms with E-state index in [0.717, 1.165) is 44.5 Å². The van der Waals surface area contributed by atoms with E-state index in [1.54, 1.807) is 18.5 Å². The first-order valence-electron chi connectivity index (χ1n) is 10.9. The minimum atomic E-state index is -0.00703. The van der Waals surface area contributed by atoms with Crippen LogP contribution in [0.5, 0.6) is 0 Å².